The van der Waals surface area contributed by atoms with E-state index in [-0.39, 0.29) is 0 Å². The predicted octanol–water partition coefficient (Wildman–Crippen LogP) is 5.92. The van der Waals surface area contributed by atoms with Crippen LogP contribution in [-0.4, -0.2) is 55.4 Å². The molecule has 0 aliphatic carbocycles. The molecule has 0 bridgehead atoms. The second kappa shape index (κ2) is 37.7. The Labute approximate surface area is 204 Å². The first-order valence-corrected chi connectivity index (χ1v) is 11.8. The third-order valence-corrected chi connectivity index (χ3v) is 3.49. The molecule has 0 rings (SSSR count). The van der Waals surface area contributed by atoms with Gasteiger partial charge in [0.05, 0.1) is 0 Å². The molecule has 10 heteroatoms. The largest absolute Gasteiger partial charge is 0.481 e. The number of rotatable bonds is 14. The average molecular weight is 497 g/mol. The van der Waals surface area contributed by atoms with E-state index in [0.29, 0.717) is 12.8 Å². The maximum atomic E-state index is 10.1. The Morgan fingerprint density at radius 1 is 0.412 bits per heavy atom. The van der Waals surface area contributed by atoms with Crippen LogP contribution >= 0.6 is 0 Å². The van der Waals surface area contributed by atoms with Crippen molar-refractivity contribution < 1.29 is 49.5 Å². The van der Waals surface area contributed by atoms with Gasteiger partial charge in [0.25, 0.3) is 17.9 Å². The molecular formula is C24H48O10. The standard InChI is InChI=1S/C10H20O2.C8H16O2.3C2H4O2/c1-2-3-4-5-6-7-8-9-10(11)12;1-2-3-4-5-6-7-8(9)10;3*1-2(3)4/h2-9H2,1H3,(H,11,12);2-7H2,1H3,(H,9,10);3*1H3,(H,3,4). The fraction of sp³-hybridized carbons (Fsp3) is 0.792. The first-order chi connectivity index (χ1) is 15.7. The second-order valence-corrected chi connectivity index (χ2v) is 7.38. The molecule has 0 spiro atoms. The molecule has 0 unspecified atom stereocenters. The van der Waals surface area contributed by atoms with Gasteiger partial charge in [-0.3, -0.25) is 24.0 Å². The van der Waals surface area contributed by atoms with Gasteiger partial charge in [-0.15, -0.1) is 0 Å². The molecule has 0 saturated carbocycles. The van der Waals surface area contributed by atoms with E-state index in [4.69, 9.17) is 39.9 Å². The number of carbonyl (C=O) groups is 5. The second-order valence-electron chi connectivity index (χ2n) is 7.38. The molecule has 0 fully saturated rings. The van der Waals surface area contributed by atoms with E-state index in [2.05, 4.69) is 13.8 Å². The molecule has 0 aromatic heterocycles. The van der Waals surface area contributed by atoms with Crippen molar-refractivity contribution in [3.63, 3.8) is 0 Å². The zero-order valence-electron chi connectivity index (χ0n) is 21.7. The quantitative estimate of drug-likeness (QED) is 0.181. The minimum absolute atomic E-state index is 0.337. The number of unbranched alkanes of at least 4 members (excludes halogenated alkanes) is 10. The molecule has 34 heavy (non-hydrogen) atoms. The third kappa shape index (κ3) is 132. The molecule has 0 atom stereocenters. The lowest BCUT2D eigenvalue weighted by atomic mass is 10.1. The van der Waals surface area contributed by atoms with Crippen molar-refractivity contribution in [1.29, 1.82) is 0 Å². The van der Waals surface area contributed by atoms with Crippen molar-refractivity contribution in [2.24, 2.45) is 0 Å². The van der Waals surface area contributed by atoms with E-state index in [9.17, 15) is 9.59 Å². The fourth-order valence-electron chi connectivity index (χ4n) is 2.11. The maximum Gasteiger partial charge on any atom is 0.303 e. The van der Waals surface area contributed by atoms with E-state index in [1.54, 1.807) is 0 Å². The minimum Gasteiger partial charge on any atom is -0.481 e. The summed E-state index contributed by atoms with van der Waals surface area (Å²) >= 11 is 0. The Balaban J connectivity index is -0.000000114. The number of hydrogen-bond acceptors (Lipinski definition) is 5. The number of carboxylic acids is 5. The summed E-state index contributed by atoms with van der Waals surface area (Å²) in [6.45, 7) is 7.60. The number of carboxylic acid groups (broad SMARTS) is 5. The van der Waals surface area contributed by atoms with Crippen molar-refractivity contribution in [2.45, 2.75) is 125 Å². The zero-order valence-corrected chi connectivity index (χ0v) is 21.7. The van der Waals surface area contributed by atoms with E-state index in [0.717, 1.165) is 46.5 Å². The first kappa shape index (κ1) is 41.6. The highest BCUT2D eigenvalue weighted by atomic mass is 16.4. The van der Waals surface area contributed by atoms with Gasteiger partial charge in [-0.1, -0.05) is 78.1 Å². The molecule has 0 aromatic rings. The van der Waals surface area contributed by atoms with Crippen molar-refractivity contribution in [1.82, 2.24) is 0 Å². The molecular weight excluding hydrogens is 448 g/mol. The SMILES string of the molecule is CC(=O)O.CC(=O)O.CC(=O)O.CCCCCCCC(=O)O.CCCCCCCCCC(=O)O. The van der Waals surface area contributed by atoms with Crippen LogP contribution in [0.2, 0.25) is 0 Å². The summed E-state index contributed by atoms with van der Waals surface area (Å²) in [5, 5.41) is 38.9. The normalized spacial score (nSPS) is 8.62. The van der Waals surface area contributed by atoms with Gasteiger partial charge in [0, 0.05) is 33.6 Å². The van der Waals surface area contributed by atoms with Gasteiger partial charge >= 0.3 is 11.9 Å². The van der Waals surface area contributed by atoms with Crippen LogP contribution < -0.4 is 0 Å². The summed E-state index contributed by atoms with van der Waals surface area (Å²) in [6.07, 6.45) is 14.5. The van der Waals surface area contributed by atoms with Crippen molar-refractivity contribution >= 4 is 29.8 Å². The van der Waals surface area contributed by atoms with Gasteiger partial charge in [-0.2, -0.15) is 0 Å². The lowest BCUT2D eigenvalue weighted by Crippen LogP contribution is -1.93. The average Bonchev–Trinajstić information content (AvgIpc) is 2.66. The van der Waals surface area contributed by atoms with Crippen LogP contribution in [0.1, 0.15) is 125 Å². The monoisotopic (exact) mass is 496 g/mol. The smallest absolute Gasteiger partial charge is 0.303 e. The Morgan fingerprint density at radius 2 is 0.588 bits per heavy atom. The van der Waals surface area contributed by atoms with Crippen LogP contribution in [0.15, 0.2) is 0 Å². The summed E-state index contributed by atoms with van der Waals surface area (Å²) in [6, 6.07) is 0. The van der Waals surface area contributed by atoms with Gasteiger partial charge < -0.3 is 25.5 Å². The Bertz CT molecular complexity index is 450. The van der Waals surface area contributed by atoms with E-state index in [1.165, 1.54) is 51.4 Å². The minimum atomic E-state index is -0.833. The van der Waals surface area contributed by atoms with Crippen LogP contribution in [0.25, 0.3) is 0 Å². The third-order valence-electron chi connectivity index (χ3n) is 3.49. The lowest BCUT2D eigenvalue weighted by molar-refractivity contribution is -0.138. The topological polar surface area (TPSA) is 186 Å². The van der Waals surface area contributed by atoms with Crippen molar-refractivity contribution in [2.75, 3.05) is 0 Å². The Morgan fingerprint density at radius 3 is 0.765 bits per heavy atom. The molecule has 0 radical (unpaired) electrons. The Hall–Kier alpha value is -2.65. The molecule has 0 aliphatic heterocycles. The summed E-state index contributed by atoms with van der Waals surface area (Å²) < 4.78 is 0. The molecule has 5 N–H and O–H groups in total. The predicted molar refractivity (Wildman–Crippen MR) is 131 cm³/mol. The highest BCUT2D eigenvalue weighted by Gasteiger charge is 1.96. The van der Waals surface area contributed by atoms with Crippen molar-refractivity contribution in [3.05, 3.63) is 0 Å². The lowest BCUT2D eigenvalue weighted by Gasteiger charge is -1.98. The summed E-state index contributed by atoms with van der Waals surface area (Å²) in [5.41, 5.74) is 0. The zero-order chi connectivity index (χ0) is 27.8. The molecule has 0 aliphatic rings. The molecule has 0 aromatic carbocycles. The number of hydrogen-bond donors (Lipinski definition) is 5. The van der Waals surface area contributed by atoms with E-state index >= 15 is 0 Å². The highest BCUT2D eigenvalue weighted by Crippen LogP contribution is 2.08. The van der Waals surface area contributed by atoms with Crippen LogP contribution in [0.3, 0.4) is 0 Å². The van der Waals surface area contributed by atoms with E-state index < -0.39 is 29.8 Å². The van der Waals surface area contributed by atoms with E-state index in [1.807, 2.05) is 0 Å². The maximum absolute atomic E-state index is 10.1. The molecule has 204 valence electrons. The van der Waals surface area contributed by atoms with Crippen LogP contribution in [-0.2, 0) is 24.0 Å². The molecule has 0 saturated heterocycles. The summed E-state index contributed by atoms with van der Waals surface area (Å²) in [4.78, 5) is 47.2. The van der Waals surface area contributed by atoms with Crippen molar-refractivity contribution in [3.8, 4) is 0 Å². The molecule has 0 amide bonds. The highest BCUT2D eigenvalue weighted by molar-refractivity contribution is 5.66. The van der Waals surface area contributed by atoms with Gasteiger partial charge in [0.2, 0.25) is 0 Å². The van der Waals surface area contributed by atoms with Crippen LogP contribution in [0.5, 0.6) is 0 Å². The van der Waals surface area contributed by atoms with Gasteiger partial charge in [-0.25, -0.2) is 0 Å². The summed E-state index contributed by atoms with van der Waals surface area (Å²) in [7, 11) is 0. The molecule has 10 nitrogen and oxygen atoms in total. The summed E-state index contributed by atoms with van der Waals surface area (Å²) in [5.74, 6) is -3.83. The number of aliphatic carboxylic acids is 5. The first-order valence-electron chi connectivity index (χ1n) is 11.8. The van der Waals surface area contributed by atoms with Gasteiger partial charge in [0.15, 0.2) is 0 Å². The fourth-order valence-corrected chi connectivity index (χ4v) is 2.11. The molecule has 0 heterocycles. The Kier molecular flexibility index (Phi) is 46.1. The van der Waals surface area contributed by atoms with Gasteiger partial charge in [0.1, 0.15) is 0 Å². The van der Waals surface area contributed by atoms with Crippen LogP contribution in [0, 0.1) is 0 Å². The van der Waals surface area contributed by atoms with Crippen LogP contribution in [0.4, 0.5) is 0 Å². The van der Waals surface area contributed by atoms with Gasteiger partial charge in [-0.05, 0) is 12.8 Å².